The predicted molar refractivity (Wildman–Crippen MR) is 72.7 cm³/mol. The van der Waals surface area contributed by atoms with Crippen molar-refractivity contribution in [2.45, 2.75) is 33.3 Å². The number of benzene rings is 1. The van der Waals surface area contributed by atoms with Crippen LogP contribution in [0.3, 0.4) is 0 Å². The van der Waals surface area contributed by atoms with E-state index in [1.54, 1.807) is 20.8 Å². The minimum atomic E-state index is -0.752. The summed E-state index contributed by atoms with van der Waals surface area (Å²) in [5.41, 5.74) is -0.569. The molecule has 1 amide bonds. The van der Waals surface area contributed by atoms with Gasteiger partial charge in [-0.2, -0.15) is 0 Å². The summed E-state index contributed by atoms with van der Waals surface area (Å²) in [5, 5.41) is 13.6. The van der Waals surface area contributed by atoms with E-state index in [9.17, 15) is 14.9 Å². The van der Waals surface area contributed by atoms with Crippen molar-refractivity contribution in [3.63, 3.8) is 0 Å². The molecule has 0 heterocycles. The van der Waals surface area contributed by atoms with Crippen molar-refractivity contribution in [1.29, 1.82) is 0 Å². The minimum Gasteiger partial charge on any atom is -0.444 e. The molecule has 6 nitrogen and oxygen atoms in total. The summed E-state index contributed by atoms with van der Waals surface area (Å²) in [5.74, 6) is 0. The average molecular weight is 287 g/mol. The van der Waals surface area contributed by atoms with Gasteiger partial charge >= 0.3 is 6.09 Å². The Hall–Kier alpha value is -1.82. The Labute approximate surface area is 115 Å². The van der Waals surface area contributed by atoms with Gasteiger partial charge in [0.05, 0.1) is 9.95 Å². The molecule has 0 atom stereocenters. The summed E-state index contributed by atoms with van der Waals surface area (Å²) in [6.07, 6.45) is -0.752. The van der Waals surface area contributed by atoms with E-state index in [1.807, 2.05) is 0 Å². The fourth-order valence-electron chi connectivity index (χ4n) is 1.43. The summed E-state index contributed by atoms with van der Waals surface area (Å²) < 4.78 is 5.04. The molecule has 0 radical (unpaired) electrons. The van der Waals surface area contributed by atoms with Crippen LogP contribution in [-0.2, 0) is 4.74 Å². The van der Waals surface area contributed by atoms with Crippen molar-refractivity contribution >= 4 is 29.1 Å². The van der Waals surface area contributed by atoms with Crippen LogP contribution < -0.4 is 5.32 Å². The maximum atomic E-state index is 11.6. The third-order valence-electron chi connectivity index (χ3n) is 2.18. The molecule has 0 unspecified atom stereocenters. The third kappa shape index (κ3) is 4.10. The molecule has 0 spiro atoms. The average Bonchev–Trinajstić information content (AvgIpc) is 2.20. The van der Waals surface area contributed by atoms with E-state index < -0.39 is 16.6 Å². The van der Waals surface area contributed by atoms with Gasteiger partial charge in [-0.15, -0.1) is 0 Å². The Bertz CT molecular complexity index is 523. The number of carbonyl (C=O) groups excluding carboxylic acids is 1. The number of carbonyl (C=O) groups is 1. The van der Waals surface area contributed by atoms with E-state index in [0.717, 1.165) is 0 Å². The Morgan fingerprint density at radius 1 is 1.42 bits per heavy atom. The lowest BCUT2D eigenvalue weighted by Crippen LogP contribution is -2.27. The van der Waals surface area contributed by atoms with Gasteiger partial charge in [0.25, 0.3) is 5.69 Å². The molecule has 0 aromatic heterocycles. The standard InChI is InChI=1S/C12H15ClN2O4/c1-7-8(13)5-6-9(10(7)15(17)18)14-11(16)19-12(2,3)4/h5-6H,1-4H3,(H,14,16). The molecule has 0 bridgehead atoms. The Morgan fingerprint density at radius 3 is 2.47 bits per heavy atom. The lowest BCUT2D eigenvalue weighted by atomic mass is 10.1. The smallest absolute Gasteiger partial charge is 0.412 e. The van der Waals surface area contributed by atoms with Crippen LogP contribution in [0.25, 0.3) is 0 Å². The molecular formula is C12H15ClN2O4. The molecule has 0 fully saturated rings. The minimum absolute atomic E-state index is 0.0566. The molecule has 1 aromatic carbocycles. The van der Waals surface area contributed by atoms with Crippen LogP contribution in [0.5, 0.6) is 0 Å². The zero-order chi connectivity index (χ0) is 14.8. The van der Waals surface area contributed by atoms with Crippen molar-refractivity contribution in [3.8, 4) is 0 Å². The van der Waals surface area contributed by atoms with Crippen LogP contribution >= 0.6 is 11.6 Å². The van der Waals surface area contributed by atoms with Crippen molar-refractivity contribution in [1.82, 2.24) is 0 Å². The summed E-state index contributed by atoms with van der Waals surface area (Å²) in [6.45, 7) is 6.62. The highest BCUT2D eigenvalue weighted by molar-refractivity contribution is 6.31. The van der Waals surface area contributed by atoms with E-state index in [0.29, 0.717) is 5.56 Å². The van der Waals surface area contributed by atoms with E-state index in [2.05, 4.69) is 5.32 Å². The topological polar surface area (TPSA) is 81.5 Å². The highest BCUT2D eigenvalue weighted by Crippen LogP contribution is 2.33. The molecular weight excluding hydrogens is 272 g/mol. The Balaban J connectivity index is 3.05. The van der Waals surface area contributed by atoms with Gasteiger partial charge in [-0.25, -0.2) is 4.79 Å². The molecule has 1 aromatic rings. The quantitative estimate of drug-likeness (QED) is 0.660. The monoisotopic (exact) mass is 286 g/mol. The molecule has 7 heteroatoms. The number of anilines is 1. The fraction of sp³-hybridized carbons (Fsp3) is 0.417. The van der Waals surface area contributed by atoms with Crippen LogP contribution in [0.1, 0.15) is 26.3 Å². The Kier molecular flexibility index (Phi) is 4.36. The highest BCUT2D eigenvalue weighted by Gasteiger charge is 2.23. The number of nitro groups is 1. The first-order valence-electron chi connectivity index (χ1n) is 5.55. The van der Waals surface area contributed by atoms with Gasteiger partial charge < -0.3 is 4.74 Å². The van der Waals surface area contributed by atoms with Crippen LogP contribution in [0.2, 0.25) is 5.02 Å². The first-order valence-corrected chi connectivity index (χ1v) is 5.93. The van der Waals surface area contributed by atoms with Crippen molar-refractivity contribution in [2.24, 2.45) is 0 Å². The zero-order valence-electron chi connectivity index (χ0n) is 11.1. The van der Waals surface area contributed by atoms with Gasteiger partial charge in [-0.1, -0.05) is 11.6 Å². The van der Waals surface area contributed by atoms with Crippen molar-refractivity contribution < 1.29 is 14.5 Å². The van der Waals surface area contributed by atoms with Gasteiger partial charge in [0.15, 0.2) is 0 Å². The molecule has 0 aliphatic rings. The number of nitrogens with zero attached hydrogens (tertiary/aromatic N) is 1. The Morgan fingerprint density at radius 2 is 2.00 bits per heavy atom. The van der Waals surface area contributed by atoms with Crippen LogP contribution in [0.15, 0.2) is 12.1 Å². The van der Waals surface area contributed by atoms with Crippen molar-refractivity contribution in [2.75, 3.05) is 5.32 Å². The number of amides is 1. The second-order valence-electron chi connectivity index (χ2n) is 4.95. The van der Waals surface area contributed by atoms with E-state index >= 15 is 0 Å². The molecule has 0 aliphatic heterocycles. The molecule has 1 rings (SSSR count). The second-order valence-corrected chi connectivity index (χ2v) is 5.36. The lowest BCUT2D eigenvalue weighted by Gasteiger charge is -2.19. The van der Waals surface area contributed by atoms with Crippen LogP contribution in [0, 0.1) is 17.0 Å². The predicted octanol–water partition coefficient (Wildman–Crippen LogP) is 3.90. The SMILES string of the molecule is Cc1c(Cl)ccc(NC(=O)OC(C)(C)C)c1[N+](=O)[O-]. The summed E-state index contributed by atoms with van der Waals surface area (Å²) in [4.78, 5) is 22.0. The van der Waals surface area contributed by atoms with Gasteiger partial charge in [0, 0.05) is 5.56 Å². The number of ether oxygens (including phenoxy) is 1. The van der Waals surface area contributed by atoms with Crippen LogP contribution in [0.4, 0.5) is 16.2 Å². The van der Waals surface area contributed by atoms with E-state index in [4.69, 9.17) is 16.3 Å². The largest absolute Gasteiger partial charge is 0.444 e. The second kappa shape index (κ2) is 5.44. The van der Waals surface area contributed by atoms with Gasteiger partial charge in [0.2, 0.25) is 0 Å². The number of nitro benzene ring substituents is 1. The fourth-order valence-corrected chi connectivity index (χ4v) is 1.58. The number of rotatable bonds is 2. The maximum absolute atomic E-state index is 11.6. The number of nitrogens with one attached hydrogen (secondary N) is 1. The molecule has 0 aliphatic carbocycles. The van der Waals surface area contributed by atoms with Gasteiger partial charge in [-0.3, -0.25) is 15.4 Å². The molecule has 0 saturated carbocycles. The maximum Gasteiger partial charge on any atom is 0.412 e. The van der Waals surface area contributed by atoms with Crippen molar-refractivity contribution in [3.05, 3.63) is 32.8 Å². The summed E-state index contributed by atoms with van der Waals surface area (Å²) >= 11 is 5.82. The first kappa shape index (κ1) is 15.2. The molecule has 0 saturated heterocycles. The van der Waals surface area contributed by atoms with Gasteiger partial charge in [-0.05, 0) is 39.8 Å². The highest BCUT2D eigenvalue weighted by atomic mass is 35.5. The van der Waals surface area contributed by atoms with E-state index in [-0.39, 0.29) is 16.4 Å². The third-order valence-corrected chi connectivity index (χ3v) is 2.59. The van der Waals surface area contributed by atoms with Crippen LogP contribution in [-0.4, -0.2) is 16.6 Å². The van der Waals surface area contributed by atoms with E-state index in [1.165, 1.54) is 19.1 Å². The normalized spacial score (nSPS) is 11.0. The number of hydrogen-bond acceptors (Lipinski definition) is 4. The molecule has 1 N–H and O–H groups in total. The summed E-state index contributed by atoms with van der Waals surface area (Å²) in [6, 6.07) is 2.86. The summed E-state index contributed by atoms with van der Waals surface area (Å²) in [7, 11) is 0. The zero-order valence-corrected chi connectivity index (χ0v) is 11.9. The number of halogens is 1. The van der Waals surface area contributed by atoms with Gasteiger partial charge in [0.1, 0.15) is 11.3 Å². The first-order chi connectivity index (χ1) is 8.61. The molecule has 104 valence electrons. The molecule has 19 heavy (non-hydrogen) atoms. The number of hydrogen-bond donors (Lipinski definition) is 1. The lowest BCUT2D eigenvalue weighted by molar-refractivity contribution is -0.384.